The Labute approximate surface area is 133 Å². The van der Waals surface area contributed by atoms with Crippen molar-refractivity contribution in [3.05, 3.63) is 39.4 Å². The Morgan fingerprint density at radius 1 is 1.38 bits per heavy atom. The van der Waals surface area contributed by atoms with Crippen LogP contribution in [0.15, 0.2) is 18.2 Å². The van der Waals surface area contributed by atoms with Gasteiger partial charge in [0.25, 0.3) is 5.91 Å². The Morgan fingerprint density at radius 2 is 2.10 bits per heavy atom. The number of aromatic nitrogens is 1. The fourth-order valence-corrected chi connectivity index (χ4v) is 2.62. The van der Waals surface area contributed by atoms with Gasteiger partial charge in [0.2, 0.25) is 0 Å². The average Bonchev–Trinajstić information content (AvgIpc) is 2.72. The highest BCUT2D eigenvalue weighted by Gasteiger charge is 2.17. The van der Waals surface area contributed by atoms with Crippen LogP contribution in [0.4, 0.5) is 5.13 Å². The summed E-state index contributed by atoms with van der Waals surface area (Å²) in [7, 11) is 0. The van der Waals surface area contributed by atoms with E-state index in [0.717, 1.165) is 16.1 Å². The number of hydrogen-bond acceptors (Lipinski definition) is 4. The van der Waals surface area contributed by atoms with Crippen LogP contribution in [-0.4, -0.2) is 17.0 Å². The molecular formula is C15H17ClN2O2S. The molecule has 6 heteroatoms. The molecule has 2 rings (SSSR count). The van der Waals surface area contributed by atoms with Gasteiger partial charge in [-0.15, -0.1) is 11.3 Å². The van der Waals surface area contributed by atoms with Gasteiger partial charge in [-0.25, -0.2) is 4.98 Å². The summed E-state index contributed by atoms with van der Waals surface area (Å²) in [5.74, 6) is 0.391. The second-order valence-corrected chi connectivity index (χ2v) is 6.43. The van der Waals surface area contributed by atoms with Crippen molar-refractivity contribution >= 4 is 34.0 Å². The van der Waals surface area contributed by atoms with Crippen LogP contribution < -0.4 is 10.1 Å². The third-order valence-electron chi connectivity index (χ3n) is 3.07. The highest BCUT2D eigenvalue weighted by atomic mass is 35.5. The van der Waals surface area contributed by atoms with Crippen LogP contribution in [0.1, 0.15) is 23.1 Å². The van der Waals surface area contributed by atoms with Gasteiger partial charge < -0.3 is 4.74 Å². The number of halogens is 1. The van der Waals surface area contributed by atoms with E-state index in [1.165, 1.54) is 11.3 Å². The van der Waals surface area contributed by atoms with Crippen molar-refractivity contribution in [2.45, 2.75) is 33.8 Å². The first kappa shape index (κ1) is 15.8. The van der Waals surface area contributed by atoms with Crippen LogP contribution in [-0.2, 0) is 4.79 Å². The fourth-order valence-electron chi connectivity index (χ4n) is 1.68. The van der Waals surface area contributed by atoms with Crippen LogP contribution in [0.3, 0.4) is 0 Å². The van der Waals surface area contributed by atoms with Gasteiger partial charge in [-0.05, 0) is 51.5 Å². The molecule has 0 aliphatic rings. The summed E-state index contributed by atoms with van der Waals surface area (Å²) in [6.45, 7) is 7.48. The molecule has 0 aliphatic heterocycles. The number of nitrogens with zero attached hydrogens (tertiary/aromatic N) is 1. The molecule has 1 unspecified atom stereocenters. The molecule has 21 heavy (non-hydrogen) atoms. The van der Waals surface area contributed by atoms with Crippen molar-refractivity contribution in [2.24, 2.45) is 0 Å². The first-order valence-corrected chi connectivity index (χ1v) is 7.74. The van der Waals surface area contributed by atoms with Gasteiger partial charge in [0.15, 0.2) is 11.2 Å². The zero-order valence-corrected chi connectivity index (χ0v) is 13.9. The van der Waals surface area contributed by atoms with E-state index in [9.17, 15) is 4.79 Å². The Hall–Kier alpha value is -1.59. The highest BCUT2D eigenvalue weighted by molar-refractivity contribution is 7.15. The Morgan fingerprint density at radius 3 is 2.67 bits per heavy atom. The highest BCUT2D eigenvalue weighted by Crippen LogP contribution is 2.23. The number of anilines is 1. The van der Waals surface area contributed by atoms with Gasteiger partial charge in [-0.3, -0.25) is 10.1 Å². The summed E-state index contributed by atoms with van der Waals surface area (Å²) >= 11 is 7.42. The third kappa shape index (κ3) is 3.95. The number of carbonyl (C=O) groups excluding carboxylic acids is 1. The van der Waals surface area contributed by atoms with E-state index >= 15 is 0 Å². The maximum atomic E-state index is 12.1. The van der Waals surface area contributed by atoms with Crippen molar-refractivity contribution in [3.8, 4) is 5.75 Å². The quantitative estimate of drug-likeness (QED) is 0.920. The second kappa shape index (κ2) is 6.45. The first-order chi connectivity index (χ1) is 9.86. The molecule has 1 aromatic heterocycles. The molecule has 112 valence electrons. The number of hydrogen-bond donors (Lipinski definition) is 1. The first-order valence-electron chi connectivity index (χ1n) is 6.54. The van der Waals surface area contributed by atoms with Crippen molar-refractivity contribution in [3.63, 3.8) is 0 Å². The van der Waals surface area contributed by atoms with Gasteiger partial charge in [0, 0.05) is 9.90 Å². The van der Waals surface area contributed by atoms with Crippen molar-refractivity contribution in [1.82, 2.24) is 4.98 Å². The molecule has 4 nitrogen and oxygen atoms in total. The van der Waals surface area contributed by atoms with Crippen molar-refractivity contribution in [2.75, 3.05) is 5.32 Å². The molecule has 1 amide bonds. The third-order valence-corrected chi connectivity index (χ3v) is 4.48. The molecule has 0 radical (unpaired) electrons. The molecule has 1 atom stereocenters. The number of rotatable bonds is 4. The minimum Gasteiger partial charge on any atom is -0.481 e. The van der Waals surface area contributed by atoms with Crippen LogP contribution in [0.2, 0.25) is 5.02 Å². The standard InChI is InChI=1S/C15H17ClN2O2S/c1-8-7-12(5-6-13(8)16)20-10(3)14(19)18-15-17-9(2)11(4)21-15/h5-7,10H,1-4H3,(H,17,18,19). The van der Waals surface area contributed by atoms with Gasteiger partial charge in [-0.1, -0.05) is 11.6 Å². The summed E-state index contributed by atoms with van der Waals surface area (Å²) in [4.78, 5) is 17.5. The number of benzene rings is 1. The minimum atomic E-state index is -0.616. The van der Waals surface area contributed by atoms with E-state index < -0.39 is 6.10 Å². The molecule has 1 aromatic carbocycles. The molecule has 0 saturated carbocycles. The zero-order chi connectivity index (χ0) is 15.6. The normalized spacial score (nSPS) is 12.0. The number of amides is 1. The number of nitrogens with one attached hydrogen (secondary N) is 1. The van der Waals surface area contributed by atoms with Crippen LogP contribution in [0, 0.1) is 20.8 Å². The lowest BCUT2D eigenvalue weighted by Crippen LogP contribution is -2.30. The van der Waals surface area contributed by atoms with E-state index in [4.69, 9.17) is 16.3 Å². The number of aryl methyl sites for hydroxylation is 3. The maximum absolute atomic E-state index is 12.1. The average molecular weight is 325 g/mol. The number of thiazole rings is 1. The summed E-state index contributed by atoms with van der Waals surface area (Å²) in [6, 6.07) is 5.31. The van der Waals surface area contributed by atoms with Crippen molar-refractivity contribution < 1.29 is 9.53 Å². The van der Waals surface area contributed by atoms with E-state index in [-0.39, 0.29) is 5.91 Å². The molecule has 0 fully saturated rings. The summed E-state index contributed by atoms with van der Waals surface area (Å²) in [6.07, 6.45) is -0.616. The Bertz CT molecular complexity index is 650. The molecule has 0 saturated heterocycles. The lowest BCUT2D eigenvalue weighted by atomic mass is 10.2. The minimum absolute atomic E-state index is 0.226. The van der Waals surface area contributed by atoms with Gasteiger partial charge in [0.05, 0.1) is 5.69 Å². The fraction of sp³-hybridized carbons (Fsp3) is 0.333. The molecular weight excluding hydrogens is 308 g/mol. The van der Waals surface area contributed by atoms with Crippen LogP contribution in [0.25, 0.3) is 0 Å². The molecule has 2 aromatic rings. The maximum Gasteiger partial charge on any atom is 0.266 e. The van der Waals surface area contributed by atoms with Gasteiger partial charge >= 0.3 is 0 Å². The monoisotopic (exact) mass is 324 g/mol. The van der Waals surface area contributed by atoms with E-state index in [2.05, 4.69) is 10.3 Å². The lowest BCUT2D eigenvalue weighted by Gasteiger charge is -2.14. The topological polar surface area (TPSA) is 51.2 Å². The molecule has 0 spiro atoms. The summed E-state index contributed by atoms with van der Waals surface area (Å²) in [5, 5.41) is 4.04. The molecule has 1 N–H and O–H groups in total. The predicted octanol–water partition coefficient (Wildman–Crippen LogP) is 4.13. The summed E-state index contributed by atoms with van der Waals surface area (Å²) < 4.78 is 5.63. The zero-order valence-electron chi connectivity index (χ0n) is 12.4. The SMILES string of the molecule is Cc1cc(OC(C)C(=O)Nc2nc(C)c(C)s2)ccc1Cl. The van der Waals surface area contributed by atoms with Crippen molar-refractivity contribution in [1.29, 1.82) is 0 Å². The lowest BCUT2D eigenvalue weighted by molar-refractivity contribution is -0.122. The van der Waals surface area contributed by atoms with E-state index in [1.54, 1.807) is 19.1 Å². The van der Waals surface area contributed by atoms with E-state index in [0.29, 0.717) is 15.9 Å². The largest absolute Gasteiger partial charge is 0.481 e. The predicted molar refractivity (Wildman–Crippen MR) is 86.5 cm³/mol. The number of carbonyl (C=O) groups is 1. The molecule has 0 bridgehead atoms. The Kier molecular flexibility index (Phi) is 4.85. The second-order valence-electron chi connectivity index (χ2n) is 4.82. The van der Waals surface area contributed by atoms with E-state index in [1.807, 2.05) is 26.8 Å². The van der Waals surface area contributed by atoms with Gasteiger partial charge in [-0.2, -0.15) is 0 Å². The molecule has 1 heterocycles. The summed E-state index contributed by atoms with van der Waals surface area (Å²) in [5.41, 5.74) is 1.84. The molecule has 0 aliphatic carbocycles. The van der Waals surface area contributed by atoms with Crippen LogP contribution in [0.5, 0.6) is 5.75 Å². The smallest absolute Gasteiger partial charge is 0.266 e. The number of ether oxygens (including phenoxy) is 1. The Balaban J connectivity index is 2.00. The van der Waals surface area contributed by atoms with Gasteiger partial charge in [0.1, 0.15) is 5.75 Å². The van der Waals surface area contributed by atoms with Crippen LogP contribution >= 0.6 is 22.9 Å².